The fourth-order valence-corrected chi connectivity index (χ4v) is 0. The van der Waals surface area contributed by atoms with E-state index in [1.54, 1.807) is 0 Å². The fourth-order valence-electron chi connectivity index (χ4n) is 0. The second-order valence-electron chi connectivity index (χ2n) is 0.502. The summed E-state index contributed by atoms with van der Waals surface area (Å²) in [7, 11) is 0. The zero-order valence-corrected chi connectivity index (χ0v) is 5.53. The Labute approximate surface area is 50.9 Å². The predicted molar refractivity (Wildman–Crippen MR) is 35.6 cm³/mol. The van der Waals surface area contributed by atoms with Crippen molar-refractivity contribution in [1.29, 1.82) is 0 Å². The summed E-state index contributed by atoms with van der Waals surface area (Å²) in [6.07, 6.45) is 4.84. The summed E-state index contributed by atoms with van der Waals surface area (Å²) in [5, 5.41) is 0. The van der Waals surface area contributed by atoms with Crippen molar-refractivity contribution in [3.63, 3.8) is 0 Å². The minimum atomic E-state index is 0.0765. The molecular formula is C3H3IS. The first-order chi connectivity index (χ1) is 2.27. The molecule has 0 aromatic carbocycles. The minimum absolute atomic E-state index is 0.0765. The van der Waals surface area contributed by atoms with Gasteiger partial charge in [0.2, 0.25) is 0 Å². The van der Waals surface area contributed by atoms with Crippen molar-refractivity contribution in [2.75, 3.05) is 0 Å². The Kier molecular flexibility index (Phi) is 3.22. The highest BCUT2D eigenvalue weighted by atomic mass is 127. The minimum Gasteiger partial charge on any atom is -0.152 e. The molecule has 0 aromatic heterocycles. The Balaban J connectivity index is 2.94. The maximum Gasteiger partial charge on any atom is 0.114 e. The van der Waals surface area contributed by atoms with Gasteiger partial charge in [0.15, 0.2) is 0 Å². The van der Waals surface area contributed by atoms with E-state index in [4.69, 9.17) is 6.42 Å². The monoisotopic (exact) mass is 198 g/mol. The number of halogens is 1. The highest BCUT2D eigenvalue weighted by Gasteiger charge is 1.78. The van der Waals surface area contributed by atoms with Gasteiger partial charge in [-0.15, -0.1) is 6.42 Å². The van der Waals surface area contributed by atoms with Gasteiger partial charge in [-0.3, -0.25) is 0 Å². The largest absolute Gasteiger partial charge is 0.152 e. The van der Waals surface area contributed by atoms with Crippen LogP contribution in [0.2, 0.25) is 0 Å². The zero-order chi connectivity index (χ0) is 4.28. The zero-order valence-electron chi connectivity index (χ0n) is 2.48. The Hall–Kier alpha value is 0.640. The summed E-state index contributed by atoms with van der Waals surface area (Å²) >= 11 is 5.88. The van der Waals surface area contributed by atoms with E-state index in [0.717, 1.165) is 0 Å². The molecule has 0 saturated heterocycles. The molecule has 1 unspecified atom stereocenters. The van der Waals surface area contributed by atoms with Crippen molar-refractivity contribution in [1.82, 2.24) is 0 Å². The molecule has 1 atom stereocenters. The van der Waals surface area contributed by atoms with Crippen LogP contribution in [0.4, 0.5) is 0 Å². The number of alkyl halides is 1. The van der Waals surface area contributed by atoms with E-state index in [9.17, 15) is 0 Å². The van der Waals surface area contributed by atoms with Crippen molar-refractivity contribution in [3.05, 3.63) is 0 Å². The second-order valence-corrected chi connectivity index (χ2v) is 3.25. The molecule has 0 rings (SSSR count). The first-order valence-electron chi connectivity index (χ1n) is 1.05. The number of hydrogen-bond acceptors (Lipinski definition) is 1. The molecule has 28 valence electrons. The first kappa shape index (κ1) is 5.64. The van der Waals surface area contributed by atoms with E-state index in [2.05, 4.69) is 18.5 Å². The van der Waals surface area contributed by atoms with Crippen molar-refractivity contribution >= 4 is 35.2 Å². The van der Waals surface area contributed by atoms with Gasteiger partial charge in [0.25, 0.3) is 0 Å². The van der Waals surface area contributed by atoms with Crippen LogP contribution < -0.4 is 0 Å². The summed E-state index contributed by atoms with van der Waals surface area (Å²) in [5.41, 5.74) is 0. The van der Waals surface area contributed by atoms with Gasteiger partial charge in [-0.2, -0.15) is 12.6 Å². The maximum absolute atomic E-state index is 4.84. The SMILES string of the molecule is C#CC(S)I. The molecule has 2 heteroatoms. The molecule has 0 heterocycles. The maximum atomic E-state index is 4.84. The summed E-state index contributed by atoms with van der Waals surface area (Å²) in [4.78, 5) is 0. The highest BCUT2D eigenvalue weighted by molar-refractivity contribution is 14.1. The highest BCUT2D eigenvalue weighted by Crippen LogP contribution is 1.99. The lowest BCUT2D eigenvalue weighted by Crippen LogP contribution is -1.69. The third kappa shape index (κ3) is 4.64. The van der Waals surface area contributed by atoms with Crippen molar-refractivity contribution in [2.24, 2.45) is 0 Å². The van der Waals surface area contributed by atoms with Crippen LogP contribution in [0.5, 0.6) is 0 Å². The third-order valence-corrected chi connectivity index (χ3v) is 0.646. The van der Waals surface area contributed by atoms with Gasteiger partial charge >= 0.3 is 0 Å². The average molecular weight is 198 g/mol. The lowest BCUT2D eigenvalue weighted by atomic mass is 10.8. The summed E-state index contributed by atoms with van der Waals surface area (Å²) in [6.45, 7) is 0. The van der Waals surface area contributed by atoms with Crippen LogP contribution >= 0.6 is 35.2 Å². The normalized spacial score (nSPS) is 13.0. The van der Waals surface area contributed by atoms with Gasteiger partial charge < -0.3 is 0 Å². The van der Waals surface area contributed by atoms with Gasteiger partial charge in [-0.1, -0.05) is 28.5 Å². The first-order valence-corrected chi connectivity index (χ1v) is 2.82. The van der Waals surface area contributed by atoms with Gasteiger partial charge in [0.1, 0.15) is 3.26 Å². The van der Waals surface area contributed by atoms with Crippen LogP contribution in [0, 0.1) is 12.3 Å². The van der Waals surface area contributed by atoms with E-state index in [-0.39, 0.29) is 3.26 Å². The van der Waals surface area contributed by atoms with E-state index in [1.165, 1.54) is 0 Å². The molecule has 0 N–H and O–H groups in total. The number of thiol groups is 1. The Bertz CT molecular complexity index is 52.4. The van der Waals surface area contributed by atoms with Crippen LogP contribution in [0.3, 0.4) is 0 Å². The topological polar surface area (TPSA) is 0 Å². The molecule has 0 amide bonds. The Morgan fingerprint density at radius 1 is 2.00 bits per heavy atom. The van der Waals surface area contributed by atoms with E-state index < -0.39 is 0 Å². The molecule has 0 radical (unpaired) electrons. The van der Waals surface area contributed by atoms with E-state index >= 15 is 0 Å². The summed E-state index contributed by atoms with van der Waals surface area (Å²) in [6, 6.07) is 0. The molecule has 5 heavy (non-hydrogen) atoms. The lowest BCUT2D eigenvalue weighted by Gasteiger charge is -1.76. The van der Waals surface area contributed by atoms with Crippen LogP contribution in [-0.4, -0.2) is 3.26 Å². The van der Waals surface area contributed by atoms with Gasteiger partial charge in [0.05, 0.1) is 0 Å². The molecule has 0 saturated carbocycles. The standard InChI is InChI=1S/C3H3IS/c1-2-3(4)5/h1,3,5H. The molecule has 0 fully saturated rings. The van der Waals surface area contributed by atoms with Crippen LogP contribution in [0.1, 0.15) is 0 Å². The van der Waals surface area contributed by atoms with Gasteiger partial charge in [-0.25, -0.2) is 0 Å². The number of hydrogen-bond donors (Lipinski definition) is 1. The number of terminal acetylenes is 1. The average Bonchev–Trinajstić information content (AvgIpc) is 1.38. The van der Waals surface area contributed by atoms with Gasteiger partial charge in [-0.05, 0) is 0 Å². The smallest absolute Gasteiger partial charge is 0.114 e. The van der Waals surface area contributed by atoms with E-state index in [0.29, 0.717) is 0 Å². The summed E-state index contributed by atoms with van der Waals surface area (Å²) in [5.74, 6) is 2.38. The van der Waals surface area contributed by atoms with Crippen LogP contribution in [0.25, 0.3) is 0 Å². The molecule has 0 bridgehead atoms. The molecule has 0 aliphatic carbocycles. The quantitative estimate of drug-likeness (QED) is 0.258. The summed E-state index contributed by atoms with van der Waals surface area (Å²) < 4.78 is 0.0765. The molecule has 0 nitrogen and oxygen atoms in total. The van der Waals surface area contributed by atoms with Crippen molar-refractivity contribution in [3.8, 4) is 12.3 Å². The number of rotatable bonds is 0. The lowest BCUT2D eigenvalue weighted by molar-refractivity contribution is 1.92. The molecule has 0 aliphatic heterocycles. The van der Waals surface area contributed by atoms with Gasteiger partial charge in [0, 0.05) is 0 Å². The molecule has 0 aromatic rings. The molecular weight excluding hydrogens is 195 g/mol. The van der Waals surface area contributed by atoms with Crippen LogP contribution in [0.15, 0.2) is 0 Å². The second kappa shape index (κ2) is 2.86. The Morgan fingerprint density at radius 2 is 2.20 bits per heavy atom. The van der Waals surface area contributed by atoms with Crippen molar-refractivity contribution < 1.29 is 0 Å². The molecule has 0 aliphatic rings. The van der Waals surface area contributed by atoms with E-state index in [1.807, 2.05) is 22.6 Å². The van der Waals surface area contributed by atoms with Crippen molar-refractivity contribution in [2.45, 2.75) is 3.26 Å². The third-order valence-electron chi connectivity index (χ3n) is 0.138. The molecule has 0 spiro atoms. The predicted octanol–water partition coefficient (Wildman–Crippen LogP) is 1.31. The fraction of sp³-hybridized carbons (Fsp3) is 0.333. The Morgan fingerprint density at radius 3 is 2.20 bits per heavy atom. The van der Waals surface area contributed by atoms with Crippen LogP contribution in [-0.2, 0) is 0 Å².